The Bertz CT molecular complexity index is 927. The maximum atomic E-state index is 12.6. The largest absolute Gasteiger partial charge is 0.494 e. The molecule has 196 valence electrons. The molecule has 0 spiro atoms. The molecule has 0 radical (unpaired) electrons. The summed E-state index contributed by atoms with van der Waals surface area (Å²) < 4.78 is 5.48. The van der Waals surface area contributed by atoms with Crippen LogP contribution in [0.1, 0.15) is 56.6 Å². The molecule has 2 rings (SSSR count). The Kier molecular flexibility index (Phi) is 12.5. The van der Waals surface area contributed by atoms with Gasteiger partial charge in [0.05, 0.1) is 6.61 Å². The Hall–Kier alpha value is -3.35. The minimum absolute atomic E-state index is 0.141. The van der Waals surface area contributed by atoms with Crippen molar-refractivity contribution in [3.63, 3.8) is 0 Å². The number of rotatable bonds is 14. The Morgan fingerprint density at radius 3 is 2.53 bits per heavy atom. The third-order valence-electron chi connectivity index (χ3n) is 6.27. The third-order valence-corrected chi connectivity index (χ3v) is 6.27. The van der Waals surface area contributed by atoms with Gasteiger partial charge in [0, 0.05) is 32.4 Å². The van der Waals surface area contributed by atoms with Gasteiger partial charge in [-0.15, -0.1) is 0 Å². The van der Waals surface area contributed by atoms with Gasteiger partial charge in [-0.3, -0.25) is 9.59 Å². The van der Waals surface area contributed by atoms with E-state index < -0.39 is 12.0 Å². The van der Waals surface area contributed by atoms with Gasteiger partial charge in [0.15, 0.2) is 0 Å². The van der Waals surface area contributed by atoms with Crippen molar-refractivity contribution >= 4 is 17.8 Å². The zero-order valence-corrected chi connectivity index (χ0v) is 21.6. The molecule has 7 heteroatoms. The van der Waals surface area contributed by atoms with E-state index in [0.29, 0.717) is 26.1 Å². The van der Waals surface area contributed by atoms with E-state index in [0.717, 1.165) is 42.6 Å². The average Bonchev–Trinajstić information content (AvgIpc) is 2.85. The fourth-order valence-corrected chi connectivity index (χ4v) is 4.23. The summed E-state index contributed by atoms with van der Waals surface area (Å²) in [6.45, 7) is 9.43. The highest BCUT2D eigenvalue weighted by Crippen LogP contribution is 2.21. The normalized spacial score (nSPS) is 15.5. The summed E-state index contributed by atoms with van der Waals surface area (Å²) in [4.78, 5) is 38.6. The molecule has 1 unspecified atom stereocenters. The van der Waals surface area contributed by atoms with Crippen molar-refractivity contribution < 1.29 is 24.2 Å². The van der Waals surface area contributed by atoms with Crippen LogP contribution in [0.5, 0.6) is 0 Å². The molecule has 2 N–H and O–H groups in total. The van der Waals surface area contributed by atoms with Crippen molar-refractivity contribution in [1.82, 2.24) is 10.2 Å². The van der Waals surface area contributed by atoms with Gasteiger partial charge in [-0.1, -0.05) is 48.6 Å². The van der Waals surface area contributed by atoms with E-state index in [1.54, 1.807) is 12.2 Å². The molecule has 0 aliphatic carbocycles. The van der Waals surface area contributed by atoms with Gasteiger partial charge in [-0.05, 0) is 63.2 Å². The van der Waals surface area contributed by atoms with Crippen molar-refractivity contribution in [2.24, 2.45) is 5.92 Å². The quantitative estimate of drug-likeness (QED) is 0.223. The molecule has 1 aliphatic heterocycles. The molecule has 36 heavy (non-hydrogen) atoms. The molecule has 1 fully saturated rings. The van der Waals surface area contributed by atoms with E-state index in [4.69, 9.17) is 4.74 Å². The van der Waals surface area contributed by atoms with E-state index in [1.807, 2.05) is 55.2 Å². The van der Waals surface area contributed by atoms with Crippen LogP contribution in [0.25, 0.3) is 0 Å². The fourth-order valence-electron chi connectivity index (χ4n) is 4.23. The van der Waals surface area contributed by atoms with Gasteiger partial charge < -0.3 is 20.1 Å². The van der Waals surface area contributed by atoms with E-state index in [1.165, 1.54) is 0 Å². The van der Waals surface area contributed by atoms with Crippen molar-refractivity contribution in [1.29, 1.82) is 0 Å². The number of nitrogens with zero attached hydrogens (tertiary/aromatic N) is 1. The van der Waals surface area contributed by atoms with Crippen LogP contribution in [0.2, 0.25) is 0 Å². The standard InChI is InChI=1S/C29H40N2O5/c1-4-9-25(36-5-2)10-7-6-8-11-28(33)31-18-16-24(17-19-31)21-27(32)30-26(29(34)35)20-23-14-12-22(3)13-15-23/h4,7,9-10,12-15,24,26H,1,5-6,8,11,16-21H2,2-3H3,(H,30,32)(H,34,35)/b10-7-,25-9+. The fraction of sp³-hybridized carbons (Fsp3) is 0.483. The van der Waals surface area contributed by atoms with Crippen molar-refractivity contribution in [3.05, 3.63) is 72.0 Å². The number of amides is 2. The van der Waals surface area contributed by atoms with E-state index >= 15 is 0 Å². The first-order chi connectivity index (χ1) is 17.3. The van der Waals surface area contributed by atoms with Crippen LogP contribution in [-0.2, 0) is 25.5 Å². The van der Waals surface area contributed by atoms with Gasteiger partial charge >= 0.3 is 5.97 Å². The number of unbranched alkanes of at least 4 members (excludes halogenated alkanes) is 1. The monoisotopic (exact) mass is 496 g/mol. The number of nitrogens with one attached hydrogen (secondary N) is 1. The van der Waals surface area contributed by atoms with Crippen LogP contribution in [0.15, 0.2) is 60.9 Å². The van der Waals surface area contributed by atoms with Gasteiger partial charge in [-0.2, -0.15) is 0 Å². The molecule has 1 aromatic carbocycles. The van der Waals surface area contributed by atoms with Crippen LogP contribution < -0.4 is 5.32 Å². The zero-order valence-electron chi connectivity index (χ0n) is 21.6. The van der Waals surface area contributed by atoms with E-state index in [2.05, 4.69) is 11.9 Å². The average molecular weight is 497 g/mol. The first kappa shape index (κ1) is 28.9. The smallest absolute Gasteiger partial charge is 0.326 e. The SMILES string of the molecule is C=C/C=C(\C=C/CCCC(=O)N1CCC(CC(=O)NC(Cc2ccc(C)cc2)C(=O)O)CC1)OCC. The highest BCUT2D eigenvalue weighted by atomic mass is 16.5. The summed E-state index contributed by atoms with van der Waals surface area (Å²) in [5.74, 6) is -0.232. The molecule has 0 saturated carbocycles. The minimum atomic E-state index is -1.04. The third kappa shape index (κ3) is 10.5. The Balaban J connectivity index is 1.70. The maximum Gasteiger partial charge on any atom is 0.326 e. The van der Waals surface area contributed by atoms with Crippen molar-refractivity contribution in [2.45, 2.75) is 64.8 Å². The summed E-state index contributed by atoms with van der Waals surface area (Å²) in [5, 5.41) is 12.2. The lowest BCUT2D eigenvalue weighted by Crippen LogP contribution is -2.44. The molecular formula is C29H40N2O5. The summed E-state index contributed by atoms with van der Waals surface area (Å²) >= 11 is 0. The lowest BCUT2D eigenvalue weighted by molar-refractivity contribution is -0.142. The number of ether oxygens (including phenoxy) is 1. The number of carbonyl (C=O) groups is 3. The second-order valence-electron chi connectivity index (χ2n) is 9.21. The molecule has 1 aromatic rings. The topological polar surface area (TPSA) is 95.9 Å². The number of piperidine rings is 1. The summed E-state index contributed by atoms with van der Waals surface area (Å²) in [5.41, 5.74) is 1.97. The molecule has 1 aliphatic rings. The van der Waals surface area contributed by atoms with Crippen LogP contribution >= 0.6 is 0 Å². The molecule has 1 atom stereocenters. The summed E-state index contributed by atoms with van der Waals surface area (Å²) in [7, 11) is 0. The first-order valence-corrected chi connectivity index (χ1v) is 12.8. The highest BCUT2D eigenvalue weighted by molar-refractivity contribution is 5.84. The van der Waals surface area contributed by atoms with Crippen LogP contribution in [0.4, 0.5) is 0 Å². The number of likely N-dealkylation sites (tertiary alicyclic amines) is 1. The number of hydrogen-bond acceptors (Lipinski definition) is 4. The van der Waals surface area contributed by atoms with Crippen molar-refractivity contribution in [2.75, 3.05) is 19.7 Å². The van der Waals surface area contributed by atoms with Crippen LogP contribution in [-0.4, -0.2) is 53.5 Å². The van der Waals surface area contributed by atoms with Gasteiger partial charge in [0.1, 0.15) is 11.8 Å². The number of benzene rings is 1. The number of aryl methyl sites for hydroxylation is 1. The molecule has 1 heterocycles. The molecule has 2 amide bonds. The van der Waals surface area contributed by atoms with Crippen LogP contribution in [0.3, 0.4) is 0 Å². The second-order valence-corrected chi connectivity index (χ2v) is 9.21. The number of carboxylic acid groups (broad SMARTS) is 1. The molecule has 1 saturated heterocycles. The molecule has 7 nitrogen and oxygen atoms in total. The highest BCUT2D eigenvalue weighted by Gasteiger charge is 2.26. The number of hydrogen-bond donors (Lipinski definition) is 2. The van der Waals surface area contributed by atoms with E-state index in [-0.39, 0.29) is 30.6 Å². The van der Waals surface area contributed by atoms with Gasteiger partial charge in [0.25, 0.3) is 0 Å². The number of carbonyl (C=O) groups excluding carboxylic acids is 2. The van der Waals surface area contributed by atoms with Gasteiger partial charge in [0.2, 0.25) is 11.8 Å². The predicted molar refractivity (Wildman–Crippen MR) is 141 cm³/mol. The first-order valence-electron chi connectivity index (χ1n) is 12.8. The van der Waals surface area contributed by atoms with Crippen molar-refractivity contribution in [3.8, 4) is 0 Å². The lowest BCUT2D eigenvalue weighted by atomic mass is 9.92. The molecular weight excluding hydrogens is 456 g/mol. The second kappa shape index (κ2) is 15.6. The summed E-state index contributed by atoms with van der Waals surface area (Å²) in [6, 6.07) is 6.69. The zero-order chi connectivity index (χ0) is 26.3. The number of aliphatic carboxylic acids is 1. The number of carboxylic acids is 1. The van der Waals surface area contributed by atoms with Crippen LogP contribution in [0, 0.1) is 12.8 Å². The minimum Gasteiger partial charge on any atom is -0.494 e. The molecule has 0 bridgehead atoms. The molecule has 0 aromatic heterocycles. The number of allylic oxidation sites excluding steroid dienone is 4. The predicted octanol–water partition coefficient (Wildman–Crippen LogP) is 4.57. The Morgan fingerprint density at radius 2 is 1.92 bits per heavy atom. The summed E-state index contributed by atoms with van der Waals surface area (Å²) in [6.07, 6.45) is 11.5. The van der Waals surface area contributed by atoms with E-state index in [9.17, 15) is 19.5 Å². The Morgan fingerprint density at radius 1 is 1.22 bits per heavy atom. The van der Waals surface area contributed by atoms with Gasteiger partial charge in [-0.25, -0.2) is 4.79 Å². The Labute approximate surface area is 214 Å². The maximum absolute atomic E-state index is 12.6. The lowest BCUT2D eigenvalue weighted by Gasteiger charge is -2.32.